The molecule has 50 heavy (non-hydrogen) atoms. The monoisotopic (exact) mass is 767 g/mol. The number of benzene rings is 2. The highest BCUT2D eigenvalue weighted by Gasteiger charge is 2.75. The third-order valence-electron chi connectivity index (χ3n) is 10.4. The van der Waals surface area contributed by atoms with E-state index in [4.69, 9.17) is 21.1 Å². The third-order valence-corrected chi connectivity index (χ3v) is 11.4. The molecule has 4 aliphatic heterocycles. The van der Waals surface area contributed by atoms with Crippen molar-refractivity contribution in [1.82, 2.24) is 9.80 Å². The van der Waals surface area contributed by atoms with E-state index in [0.29, 0.717) is 33.6 Å². The number of ether oxygens (including phenoxy) is 2. The molecule has 3 amide bonds. The molecule has 12 heteroatoms. The van der Waals surface area contributed by atoms with Crippen molar-refractivity contribution in [2.24, 2.45) is 17.8 Å². The molecule has 266 valence electrons. The van der Waals surface area contributed by atoms with E-state index >= 15 is 4.79 Å². The summed E-state index contributed by atoms with van der Waals surface area (Å²) < 4.78 is 13.5. The molecule has 8 atom stereocenters. The van der Waals surface area contributed by atoms with Crippen LogP contribution in [0.4, 0.5) is 5.69 Å². The van der Waals surface area contributed by atoms with Crippen LogP contribution in [0.5, 0.6) is 0 Å². The highest BCUT2D eigenvalue weighted by Crippen LogP contribution is 2.59. The van der Waals surface area contributed by atoms with Crippen molar-refractivity contribution >= 4 is 56.9 Å². The molecule has 2 aromatic carbocycles. The summed E-state index contributed by atoms with van der Waals surface area (Å²) in [5, 5.41) is 11.1. The molecule has 0 radical (unpaired) electrons. The minimum Gasteiger partial charge on any atom is -0.455 e. The van der Waals surface area contributed by atoms with E-state index in [1.807, 2.05) is 63.3 Å². The van der Waals surface area contributed by atoms with Crippen molar-refractivity contribution in [3.05, 3.63) is 87.9 Å². The van der Waals surface area contributed by atoms with Crippen molar-refractivity contribution in [2.75, 3.05) is 25.1 Å². The first-order valence-corrected chi connectivity index (χ1v) is 18.3. The number of carbonyl (C=O) groups excluding carboxylic acids is 4. The molecule has 10 nitrogen and oxygen atoms in total. The third kappa shape index (κ3) is 6.31. The van der Waals surface area contributed by atoms with Crippen LogP contribution in [0, 0.1) is 17.8 Å². The van der Waals surface area contributed by atoms with Crippen molar-refractivity contribution in [1.29, 1.82) is 0 Å². The number of hydrogen-bond acceptors (Lipinski definition) is 7. The summed E-state index contributed by atoms with van der Waals surface area (Å²) in [5.74, 6) is -3.88. The maximum atomic E-state index is 15.2. The van der Waals surface area contributed by atoms with Crippen LogP contribution < -0.4 is 4.90 Å². The van der Waals surface area contributed by atoms with Crippen molar-refractivity contribution in [2.45, 2.75) is 76.0 Å². The second-order valence-electron chi connectivity index (χ2n) is 14.0. The fourth-order valence-corrected chi connectivity index (χ4v) is 8.92. The van der Waals surface area contributed by atoms with E-state index in [0.717, 1.165) is 0 Å². The number of para-hydroxylation sites is 1. The number of allylic oxidation sites excluding steroid dienone is 1. The Kier molecular flexibility index (Phi) is 10.6. The molecule has 4 heterocycles. The SMILES string of the molecule is CC(C)C[C@H](CO)N1C(=O)[C@@H]2[C@H]3C(=O)O[C@@H](c4ccccc4)[C@H](C)N(C)C(=O)CC/C=C\CN(c4ccccc4Cl)C(=O)[C@@H]1[C@]21C=C(Br)[C@H]3O1. The number of likely N-dealkylation sites (N-methyl/N-ethyl adjacent to an activating group) is 1. The number of esters is 1. The van der Waals surface area contributed by atoms with Gasteiger partial charge in [0.1, 0.15) is 29.8 Å². The zero-order chi connectivity index (χ0) is 35.9. The number of amides is 3. The maximum Gasteiger partial charge on any atom is 0.313 e. The maximum absolute atomic E-state index is 15.2. The smallest absolute Gasteiger partial charge is 0.313 e. The number of fused-ring (bicyclic) bond motifs is 2. The lowest BCUT2D eigenvalue weighted by Gasteiger charge is -2.39. The topological polar surface area (TPSA) is 117 Å². The van der Waals surface area contributed by atoms with Crippen LogP contribution in [-0.4, -0.2) is 88.6 Å². The molecule has 2 saturated heterocycles. The van der Waals surface area contributed by atoms with E-state index in [2.05, 4.69) is 15.9 Å². The first-order valence-electron chi connectivity index (χ1n) is 17.1. The Labute approximate surface area is 306 Å². The Bertz CT molecular complexity index is 1700. The van der Waals surface area contributed by atoms with Gasteiger partial charge in [-0.05, 0) is 49.5 Å². The van der Waals surface area contributed by atoms with Crippen LogP contribution in [-0.2, 0) is 28.7 Å². The molecule has 1 N–H and O–H groups in total. The number of anilines is 1. The minimum atomic E-state index is -1.54. The average molecular weight is 769 g/mol. The fraction of sp³-hybridized carbons (Fsp3) is 0.474. The van der Waals surface area contributed by atoms with E-state index < -0.39 is 65.6 Å². The van der Waals surface area contributed by atoms with Crippen molar-refractivity contribution in [3.63, 3.8) is 0 Å². The number of aliphatic hydroxyl groups excluding tert-OH is 1. The summed E-state index contributed by atoms with van der Waals surface area (Å²) in [5.41, 5.74) is -0.414. The van der Waals surface area contributed by atoms with Gasteiger partial charge < -0.3 is 29.3 Å². The predicted octanol–water partition coefficient (Wildman–Crippen LogP) is 5.43. The molecule has 0 saturated carbocycles. The summed E-state index contributed by atoms with van der Waals surface area (Å²) in [6.45, 7) is 5.49. The summed E-state index contributed by atoms with van der Waals surface area (Å²) in [6, 6.07) is 13.6. The summed E-state index contributed by atoms with van der Waals surface area (Å²) in [4.78, 5) is 62.5. The zero-order valence-corrected chi connectivity index (χ0v) is 30.9. The van der Waals surface area contributed by atoms with E-state index in [-0.39, 0.29) is 31.4 Å². The summed E-state index contributed by atoms with van der Waals surface area (Å²) in [7, 11) is 1.69. The fourth-order valence-electron chi connectivity index (χ4n) is 7.95. The lowest BCUT2D eigenvalue weighted by Crippen LogP contribution is -2.59. The second kappa shape index (κ2) is 14.6. The van der Waals surface area contributed by atoms with Crippen molar-refractivity contribution < 1.29 is 33.8 Å². The van der Waals surface area contributed by atoms with Gasteiger partial charge in [0.05, 0.1) is 35.3 Å². The van der Waals surface area contributed by atoms with Gasteiger partial charge in [-0.2, -0.15) is 0 Å². The van der Waals surface area contributed by atoms with Gasteiger partial charge in [0.2, 0.25) is 11.8 Å². The largest absolute Gasteiger partial charge is 0.455 e. The molecule has 4 aliphatic rings. The molecule has 2 fully saturated rings. The van der Waals surface area contributed by atoms with Gasteiger partial charge in [0.15, 0.2) is 0 Å². The van der Waals surface area contributed by atoms with Gasteiger partial charge in [0.25, 0.3) is 5.91 Å². The lowest BCUT2D eigenvalue weighted by atomic mass is 9.74. The van der Waals surface area contributed by atoms with E-state index in [1.165, 1.54) is 9.80 Å². The van der Waals surface area contributed by atoms with Gasteiger partial charge in [-0.3, -0.25) is 19.2 Å². The van der Waals surface area contributed by atoms with Gasteiger partial charge in [-0.25, -0.2) is 0 Å². The van der Waals surface area contributed by atoms with Gasteiger partial charge in [-0.15, -0.1) is 0 Å². The van der Waals surface area contributed by atoms with Gasteiger partial charge in [0, 0.05) is 24.5 Å². The van der Waals surface area contributed by atoms with Crippen LogP contribution in [0.3, 0.4) is 0 Å². The number of nitrogens with zero attached hydrogens (tertiary/aromatic N) is 3. The number of likely N-dealkylation sites (tertiary alicyclic amines) is 1. The van der Waals surface area contributed by atoms with Gasteiger partial charge in [-0.1, -0.05) is 96.0 Å². The normalized spacial score (nSPS) is 31.6. The minimum absolute atomic E-state index is 0.0786. The first-order chi connectivity index (χ1) is 23.9. The average Bonchev–Trinajstić information content (AvgIpc) is 3.70. The Morgan fingerprint density at radius 1 is 1.00 bits per heavy atom. The quantitative estimate of drug-likeness (QED) is 0.308. The Hall–Kier alpha value is -3.51. The van der Waals surface area contributed by atoms with E-state index in [1.54, 1.807) is 42.3 Å². The molecule has 0 unspecified atom stereocenters. The van der Waals surface area contributed by atoms with Crippen LogP contribution >= 0.6 is 27.5 Å². The number of hydrogen-bond donors (Lipinski definition) is 1. The van der Waals surface area contributed by atoms with Crippen LogP contribution in [0.25, 0.3) is 0 Å². The molecular weight excluding hydrogens is 726 g/mol. The number of halogens is 2. The van der Waals surface area contributed by atoms with E-state index in [9.17, 15) is 19.5 Å². The van der Waals surface area contributed by atoms with Crippen LogP contribution in [0.2, 0.25) is 5.02 Å². The number of aliphatic hydroxyl groups is 1. The highest BCUT2D eigenvalue weighted by atomic mass is 79.9. The van der Waals surface area contributed by atoms with Crippen molar-refractivity contribution in [3.8, 4) is 0 Å². The lowest BCUT2D eigenvalue weighted by molar-refractivity contribution is -0.164. The highest BCUT2D eigenvalue weighted by molar-refractivity contribution is 9.11. The number of carbonyl (C=O) groups is 4. The predicted molar refractivity (Wildman–Crippen MR) is 192 cm³/mol. The molecular formula is C38H43BrClN3O7. The number of cyclic esters (lactones) is 1. The molecule has 0 aromatic heterocycles. The van der Waals surface area contributed by atoms with Crippen LogP contribution in [0.1, 0.15) is 51.7 Å². The first kappa shape index (κ1) is 36.3. The molecule has 5 bridgehead atoms. The van der Waals surface area contributed by atoms with Crippen LogP contribution in [0.15, 0.2) is 77.3 Å². The zero-order valence-electron chi connectivity index (χ0n) is 28.6. The van der Waals surface area contributed by atoms with Gasteiger partial charge >= 0.3 is 5.97 Å². The second-order valence-corrected chi connectivity index (χ2v) is 15.3. The Balaban J connectivity index is 1.52. The Morgan fingerprint density at radius 3 is 2.38 bits per heavy atom. The summed E-state index contributed by atoms with van der Waals surface area (Å²) >= 11 is 10.3. The number of rotatable bonds is 6. The summed E-state index contributed by atoms with van der Waals surface area (Å²) in [6.07, 6.45) is 4.68. The molecule has 0 aliphatic carbocycles. The Morgan fingerprint density at radius 2 is 1.70 bits per heavy atom. The molecule has 6 rings (SSSR count). The molecule has 2 aromatic rings. The standard InChI is InChI=1S/C38H43BrClN3O7/c1-22(2)19-25(21-44)43-34-36(47)42(28-16-11-10-15-27(28)40)18-12-6-9-17-29(45)41(4)23(3)32(24-13-7-5-8-14-24)49-37(48)30-31(35(43)46)38(34)20-26(39)33(30)50-38/h5-8,10-16,20,22-23,25,30-34,44H,9,17-19,21H2,1-4H3/b12-6-/t23-,25+,30+,31-,32+,33+,34+,38-/m0/s1. The molecule has 1 spiro atoms.